The molecule has 0 amide bonds. The largest absolute Gasteiger partial charge is 0.435 e. The van der Waals surface area contributed by atoms with Crippen LogP contribution in [-0.2, 0) is 25.6 Å². The zero-order chi connectivity index (χ0) is 19.6. The van der Waals surface area contributed by atoms with Crippen LogP contribution in [0, 0.1) is 6.92 Å². The van der Waals surface area contributed by atoms with Crippen LogP contribution in [0.25, 0.3) is 15.9 Å². The zero-order valence-corrected chi connectivity index (χ0v) is 16.1. The van der Waals surface area contributed by atoms with Gasteiger partial charge in [0.25, 0.3) is 0 Å². The van der Waals surface area contributed by atoms with Crippen molar-refractivity contribution in [1.82, 2.24) is 29.4 Å². The average molecular weight is 406 g/mol. The van der Waals surface area contributed by atoms with E-state index in [4.69, 9.17) is 4.98 Å². The minimum Gasteiger partial charge on any atom is -0.269 e. The number of alkyl halides is 3. The Balaban J connectivity index is 1.51. The highest BCUT2D eigenvalue weighted by Gasteiger charge is 2.34. The first-order valence-electron chi connectivity index (χ1n) is 9.08. The minimum atomic E-state index is -4.45. The van der Waals surface area contributed by atoms with Gasteiger partial charge in [-0.3, -0.25) is 4.68 Å². The standard InChI is InChI=1S/C18H17F3N6S/c1-9(7-26-10(2)6-13(24-26)18(19,20)21)15-23-16-14-11-4-3-5-12(11)28-17(14)22-8-27(16)25-15/h6,8-9H,3-5,7H2,1-2H3/t9-/m1/s1. The van der Waals surface area contributed by atoms with Crippen molar-refractivity contribution in [1.29, 1.82) is 0 Å². The van der Waals surface area contributed by atoms with Gasteiger partial charge in [0, 0.05) is 16.5 Å². The van der Waals surface area contributed by atoms with Crippen molar-refractivity contribution >= 4 is 27.2 Å². The molecule has 0 unspecified atom stereocenters. The molecule has 0 saturated carbocycles. The second kappa shape index (κ2) is 6.00. The summed E-state index contributed by atoms with van der Waals surface area (Å²) in [7, 11) is 0. The van der Waals surface area contributed by atoms with Gasteiger partial charge >= 0.3 is 6.18 Å². The number of hydrogen-bond donors (Lipinski definition) is 0. The van der Waals surface area contributed by atoms with E-state index >= 15 is 0 Å². The summed E-state index contributed by atoms with van der Waals surface area (Å²) < 4.78 is 41.7. The van der Waals surface area contributed by atoms with Crippen LogP contribution in [0.3, 0.4) is 0 Å². The Morgan fingerprint density at radius 3 is 2.82 bits per heavy atom. The van der Waals surface area contributed by atoms with Gasteiger partial charge < -0.3 is 0 Å². The SMILES string of the molecule is Cc1cc(C(F)(F)F)nn1C[C@@H](C)c1nc2c3c4c(sc3ncn2n1)CCC4. The molecule has 4 aromatic rings. The lowest BCUT2D eigenvalue weighted by molar-refractivity contribution is -0.141. The summed E-state index contributed by atoms with van der Waals surface area (Å²) in [5.74, 6) is 0.386. The number of fused-ring (bicyclic) bond motifs is 5. The minimum absolute atomic E-state index is 0.193. The molecule has 1 aliphatic carbocycles. The van der Waals surface area contributed by atoms with E-state index in [1.54, 1.807) is 29.1 Å². The van der Waals surface area contributed by atoms with Crippen LogP contribution in [0.1, 0.15) is 46.9 Å². The molecule has 0 N–H and O–H groups in total. The Labute approximate surface area is 162 Å². The first kappa shape index (κ1) is 17.6. The number of nitrogens with zero attached hydrogens (tertiary/aromatic N) is 6. The Hall–Kier alpha value is -2.49. The molecule has 4 heterocycles. The number of rotatable bonds is 3. The van der Waals surface area contributed by atoms with Gasteiger partial charge in [-0.05, 0) is 37.8 Å². The highest BCUT2D eigenvalue weighted by Crippen LogP contribution is 2.38. The maximum Gasteiger partial charge on any atom is 0.435 e. The lowest BCUT2D eigenvalue weighted by Gasteiger charge is -2.09. The average Bonchev–Trinajstić information content (AvgIpc) is 3.35. The molecular weight excluding hydrogens is 389 g/mol. The van der Waals surface area contributed by atoms with Crippen LogP contribution in [0.15, 0.2) is 12.4 Å². The number of hydrogen-bond acceptors (Lipinski definition) is 5. The quantitative estimate of drug-likeness (QED) is 0.513. The van der Waals surface area contributed by atoms with Crippen molar-refractivity contribution < 1.29 is 13.2 Å². The van der Waals surface area contributed by atoms with Gasteiger partial charge in [0.15, 0.2) is 17.2 Å². The normalized spacial score (nSPS) is 15.6. The smallest absolute Gasteiger partial charge is 0.269 e. The maximum absolute atomic E-state index is 12.9. The van der Waals surface area contributed by atoms with Crippen LogP contribution < -0.4 is 0 Å². The Kier molecular flexibility index (Phi) is 3.77. The molecule has 0 aliphatic heterocycles. The highest BCUT2D eigenvalue weighted by molar-refractivity contribution is 7.19. The van der Waals surface area contributed by atoms with Crippen LogP contribution in [0.2, 0.25) is 0 Å². The van der Waals surface area contributed by atoms with E-state index in [1.807, 2.05) is 6.92 Å². The fourth-order valence-electron chi connectivity index (χ4n) is 3.79. The fourth-order valence-corrected chi connectivity index (χ4v) is 5.02. The molecule has 0 saturated heterocycles. The second-order valence-corrected chi connectivity index (χ2v) is 8.36. The van der Waals surface area contributed by atoms with Gasteiger partial charge in [-0.25, -0.2) is 14.5 Å². The molecular formula is C18H17F3N6S. The zero-order valence-electron chi connectivity index (χ0n) is 15.3. The first-order valence-corrected chi connectivity index (χ1v) is 9.90. The van der Waals surface area contributed by atoms with Crippen molar-refractivity contribution in [2.24, 2.45) is 0 Å². The van der Waals surface area contributed by atoms with Gasteiger partial charge in [0.2, 0.25) is 0 Å². The topological polar surface area (TPSA) is 60.9 Å². The molecule has 6 nitrogen and oxygen atoms in total. The highest BCUT2D eigenvalue weighted by atomic mass is 32.1. The van der Waals surface area contributed by atoms with Crippen molar-refractivity contribution in [2.45, 2.75) is 51.7 Å². The van der Waals surface area contributed by atoms with Crippen molar-refractivity contribution in [3.8, 4) is 0 Å². The van der Waals surface area contributed by atoms with Gasteiger partial charge in [0.05, 0.1) is 11.9 Å². The van der Waals surface area contributed by atoms with Gasteiger partial charge in [-0.2, -0.15) is 18.3 Å². The fraction of sp³-hybridized carbons (Fsp3) is 0.444. The van der Waals surface area contributed by atoms with Crippen molar-refractivity contribution in [3.05, 3.63) is 40.0 Å². The Morgan fingerprint density at radius 1 is 1.25 bits per heavy atom. The predicted octanol–water partition coefficient (Wildman–Crippen LogP) is 4.16. The summed E-state index contributed by atoms with van der Waals surface area (Å²) >= 11 is 1.72. The van der Waals surface area contributed by atoms with Crippen molar-refractivity contribution in [3.63, 3.8) is 0 Å². The molecule has 28 heavy (non-hydrogen) atoms. The molecule has 0 bridgehead atoms. The molecule has 0 fully saturated rings. The molecule has 10 heteroatoms. The lowest BCUT2D eigenvalue weighted by atomic mass is 10.1. The molecule has 4 aromatic heterocycles. The summed E-state index contributed by atoms with van der Waals surface area (Å²) in [6.45, 7) is 3.79. The lowest BCUT2D eigenvalue weighted by Crippen LogP contribution is -2.12. The van der Waals surface area contributed by atoms with E-state index in [9.17, 15) is 13.2 Å². The molecule has 0 spiro atoms. The van der Waals surface area contributed by atoms with Gasteiger partial charge in [-0.1, -0.05) is 6.92 Å². The third-order valence-corrected chi connectivity index (χ3v) is 6.42. The second-order valence-electron chi connectivity index (χ2n) is 7.27. The molecule has 1 atom stereocenters. The van der Waals surface area contributed by atoms with E-state index in [2.05, 4.69) is 15.2 Å². The Morgan fingerprint density at radius 2 is 2.07 bits per heavy atom. The predicted molar refractivity (Wildman–Crippen MR) is 98.6 cm³/mol. The van der Waals surface area contributed by atoms with Gasteiger partial charge in [-0.15, -0.1) is 16.4 Å². The summed E-state index contributed by atoms with van der Waals surface area (Å²) in [5.41, 5.74) is 1.68. The van der Waals surface area contributed by atoms with E-state index in [-0.39, 0.29) is 12.5 Å². The summed E-state index contributed by atoms with van der Waals surface area (Å²) in [6.07, 6.45) is 0.474. The van der Waals surface area contributed by atoms with E-state index in [0.717, 1.165) is 41.2 Å². The molecule has 0 aromatic carbocycles. The van der Waals surface area contributed by atoms with E-state index < -0.39 is 11.9 Å². The summed E-state index contributed by atoms with van der Waals surface area (Å²) in [5, 5.41) is 9.31. The number of aryl methyl sites for hydroxylation is 3. The summed E-state index contributed by atoms with van der Waals surface area (Å²) in [6, 6.07) is 1.06. The van der Waals surface area contributed by atoms with E-state index in [0.29, 0.717) is 11.5 Å². The van der Waals surface area contributed by atoms with Crippen LogP contribution in [0.4, 0.5) is 13.2 Å². The van der Waals surface area contributed by atoms with Crippen LogP contribution in [-0.4, -0.2) is 29.4 Å². The maximum atomic E-state index is 12.9. The molecule has 5 rings (SSSR count). The number of halogens is 3. The molecule has 0 radical (unpaired) electrons. The third kappa shape index (κ3) is 2.69. The summed E-state index contributed by atoms with van der Waals surface area (Å²) in [4.78, 5) is 11.6. The molecule has 146 valence electrons. The first-order chi connectivity index (χ1) is 13.3. The van der Waals surface area contributed by atoms with Crippen molar-refractivity contribution in [2.75, 3.05) is 0 Å². The Bertz CT molecular complexity index is 1200. The molecule has 1 aliphatic rings. The van der Waals surface area contributed by atoms with Crippen LogP contribution >= 0.6 is 11.3 Å². The number of thiophene rings is 1. The monoisotopic (exact) mass is 406 g/mol. The third-order valence-electron chi connectivity index (χ3n) is 5.22. The van der Waals surface area contributed by atoms with Crippen LogP contribution in [0.5, 0.6) is 0 Å². The van der Waals surface area contributed by atoms with Gasteiger partial charge in [0.1, 0.15) is 11.2 Å². The number of aromatic nitrogens is 6. The van der Waals surface area contributed by atoms with E-state index in [1.165, 1.54) is 15.1 Å².